The first-order valence-corrected chi connectivity index (χ1v) is 7.85. The highest BCUT2D eigenvalue weighted by Gasteiger charge is 2.44. The van der Waals surface area contributed by atoms with Crippen molar-refractivity contribution in [2.24, 2.45) is 0 Å². The van der Waals surface area contributed by atoms with Crippen LogP contribution in [-0.2, 0) is 9.59 Å². The molecular formula is C19H16ClNO3. The van der Waals surface area contributed by atoms with Crippen LogP contribution in [0.1, 0.15) is 22.7 Å². The van der Waals surface area contributed by atoms with Crippen molar-refractivity contribution < 1.29 is 14.7 Å². The van der Waals surface area contributed by atoms with Crippen molar-refractivity contribution in [2.45, 2.75) is 13.0 Å². The molecule has 1 saturated heterocycles. The molecule has 0 bridgehead atoms. The molecule has 1 aliphatic rings. The SMILES string of the molecule is Cc1ccc(C(O)=C2C(=O)C(=O)N(C)[C@H]2c2ccc(Cl)cc2)cc1. The van der Waals surface area contributed by atoms with Crippen molar-refractivity contribution >= 4 is 29.1 Å². The number of benzene rings is 2. The summed E-state index contributed by atoms with van der Waals surface area (Å²) in [4.78, 5) is 25.9. The maximum absolute atomic E-state index is 12.4. The van der Waals surface area contributed by atoms with Crippen LogP contribution in [0.25, 0.3) is 5.76 Å². The molecule has 1 atom stereocenters. The number of aliphatic hydroxyl groups is 1. The van der Waals surface area contributed by atoms with Crippen LogP contribution in [0.3, 0.4) is 0 Å². The van der Waals surface area contributed by atoms with Crippen molar-refractivity contribution in [1.29, 1.82) is 0 Å². The highest BCUT2D eigenvalue weighted by atomic mass is 35.5. The Balaban J connectivity index is 2.16. The summed E-state index contributed by atoms with van der Waals surface area (Å²) in [5.41, 5.74) is 2.35. The molecule has 1 heterocycles. The normalized spacial score (nSPS) is 19.8. The van der Waals surface area contributed by atoms with Gasteiger partial charge in [0.2, 0.25) is 0 Å². The van der Waals surface area contributed by atoms with Gasteiger partial charge in [-0.05, 0) is 24.6 Å². The maximum Gasteiger partial charge on any atom is 0.295 e. The molecule has 0 unspecified atom stereocenters. The number of ketones is 1. The van der Waals surface area contributed by atoms with Gasteiger partial charge in [0, 0.05) is 17.6 Å². The fourth-order valence-electron chi connectivity index (χ4n) is 2.85. The van der Waals surface area contributed by atoms with Crippen LogP contribution < -0.4 is 0 Å². The van der Waals surface area contributed by atoms with Crippen LogP contribution in [0, 0.1) is 6.92 Å². The van der Waals surface area contributed by atoms with Gasteiger partial charge < -0.3 is 10.0 Å². The highest BCUT2D eigenvalue weighted by Crippen LogP contribution is 2.38. The second-order valence-corrected chi connectivity index (χ2v) is 6.26. The van der Waals surface area contributed by atoms with Crippen molar-refractivity contribution in [1.82, 2.24) is 4.90 Å². The Bertz CT molecular complexity index is 838. The van der Waals surface area contributed by atoms with Gasteiger partial charge in [-0.25, -0.2) is 0 Å². The largest absolute Gasteiger partial charge is 0.507 e. The van der Waals surface area contributed by atoms with E-state index < -0.39 is 17.7 Å². The molecule has 3 rings (SSSR count). The van der Waals surface area contributed by atoms with Gasteiger partial charge in [-0.15, -0.1) is 0 Å². The average Bonchev–Trinajstić information content (AvgIpc) is 2.80. The number of aryl methyl sites for hydroxylation is 1. The number of nitrogens with zero attached hydrogens (tertiary/aromatic N) is 1. The molecule has 0 radical (unpaired) electrons. The van der Waals surface area contributed by atoms with E-state index in [0.717, 1.165) is 11.1 Å². The molecule has 24 heavy (non-hydrogen) atoms. The summed E-state index contributed by atoms with van der Waals surface area (Å²) in [6.45, 7) is 1.93. The zero-order valence-electron chi connectivity index (χ0n) is 13.3. The molecular weight excluding hydrogens is 326 g/mol. The summed E-state index contributed by atoms with van der Waals surface area (Å²) in [5.74, 6) is -1.49. The molecule has 0 aliphatic carbocycles. The van der Waals surface area contributed by atoms with Gasteiger partial charge in [0.1, 0.15) is 5.76 Å². The lowest BCUT2D eigenvalue weighted by atomic mass is 9.95. The van der Waals surface area contributed by atoms with Crippen LogP contribution >= 0.6 is 11.6 Å². The van der Waals surface area contributed by atoms with Gasteiger partial charge in [-0.2, -0.15) is 0 Å². The number of aliphatic hydroxyl groups excluding tert-OH is 1. The van der Waals surface area contributed by atoms with Gasteiger partial charge in [0.15, 0.2) is 0 Å². The first kappa shape index (κ1) is 16.3. The molecule has 1 N–H and O–H groups in total. The van der Waals surface area contributed by atoms with Crippen molar-refractivity contribution in [3.8, 4) is 0 Å². The Morgan fingerprint density at radius 2 is 1.62 bits per heavy atom. The third-order valence-electron chi connectivity index (χ3n) is 4.19. The number of rotatable bonds is 2. The third-order valence-corrected chi connectivity index (χ3v) is 4.44. The zero-order valence-corrected chi connectivity index (χ0v) is 14.0. The first-order chi connectivity index (χ1) is 11.4. The highest BCUT2D eigenvalue weighted by molar-refractivity contribution is 6.46. The van der Waals surface area contributed by atoms with Gasteiger partial charge in [-0.3, -0.25) is 9.59 Å². The maximum atomic E-state index is 12.4. The lowest BCUT2D eigenvalue weighted by Crippen LogP contribution is -2.24. The average molecular weight is 342 g/mol. The molecule has 0 aromatic heterocycles. The number of likely N-dealkylation sites (tertiary alicyclic amines) is 1. The summed E-state index contributed by atoms with van der Waals surface area (Å²) in [6, 6.07) is 13.4. The molecule has 1 amide bonds. The first-order valence-electron chi connectivity index (χ1n) is 7.47. The second kappa shape index (κ2) is 6.13. The monoisotopic (exact) mass is 341 g/mol. The fraction of sp³-hybridized carbons (Fsp3) is 0.158. The molecule has 2 aromatic rings. The van der Waals surface area contributed by atoms with Crippen LogP contribution in [0.15, 0.2) is 54.1 Å². The van der Waals surface area contributed by atoms with E-state index in [0.29, 0.717) is 10.6 Å². The van der Waals surface area contributed by atoms with Gasteiger partial charge in [-0.1, -0.05) is 53.6 Å². The van der Waals surface area contributed by atoms with E-state index in [9.17, 15) is 14.7 Å². The molecule has 1 aliphatic heterocycles. The van der Waals surface area contributed by atoms with Crippen molar-refractivity contribution in [3.63, 3.8) is 0 Å². The minimum absolute atomic E-state index is 0.0914. The van der Waals surface area contributed by atoms with Crippen molar-refractivity contribution in [3.05, 3.63) is 75.8 Å². The number of hydrogen-bond donors (Lipinski definition) is 1. The topological polar surface area (TPSA) is 57.6 Å². The second-order valence-electron chi connectivity index (χ2n) is 5.83. The smallest absolute Gasteiger partial charge is 0.295 e. The Hall–Kier alpha value is -2.59. The molecule has 2 aromatic carbocycles. The zero-order chi connectivity index (χ0) is 17.4. The minimum atomic E-state index is -0.685. The Kier molecular flexibility index (Phi) is 4.16. The summed E-state index contributed by atoms with van der Waals surface area (Å²) in [6.07, 6.45) is 0. The van der Waals surface area contributed by atoms with E-state index in [1.54, 1.807) is 43.4 Å². The lowest BCUT2D eigenvalue weighted by Gasteiger charge is -2.21. The van der Waals surface area contributed by atoms with Gasteiger partial charge in [0.25, 0.3) is 11.7 Å². The lowest BCUT2D eigenvalue weighted by molar-refractivity contribution is -0.139. The molecule has 0 spiro atoms. The number of carbonyl (C=O) groups is 2. The Morgan fingerprint density at radius 1 is 1.04 bits per heavy atom. The van der Waals surface area contributed by atoms with E-state index >= 15 is 0 Å². The summed E-state index contributed by atoms with van der Waals surface area (Å²) in [7, 11) is 1.55. The number of amides is 1. The predicted octanol–water partition coefficient (Wildman–Crippen LogP) is 3.70. The summed E-state index contributed by atoms with van der Waals surface area (Å²) in [5, 5.41) is 11.2. The molecule has 0 saturated carbocycles. The molecule has 122 valence electrons. The Labute approximate surface area is 145 Å². The van der Waals surface area contributed by atoms with E-state index in [4.69, 9.17) is 11.6 Å². The van der Waals surface area contributed by atoms with E-state index in [1.807, 2.05) is 19.1 Å². The summed E-state index contributed by atoms with van der Waals surface area (Å²) < 4.78 is 0. The standard InChI is InChI=1S/C19H16ClNO3/c1-11-3-5-13(6-4-11)17(22)15-16(21(2)19(24)18(15)23)12-7-9-14(20)10-8-12/h3-10,16,22H,1-2H3/t16-/m0/s1. The summed E-state index contributed by atoms with van der Waals surface area (Å²) >= 11 is 5.91. The number of halogens is 1. The van der Waals surface area contributed by atoms with E-state index in [2.05, 4.69) is 0 Å². The number of hydrogen-bond acceptors (Lipinski definition) is 3. The van der Waals surface area contributed by atoms with Crippen LogP contribution in [0.5, 0.6) is 0 Å². The number of carbonyl (C=O) groups excluding carboxylic acids is 2. The Morgan fingerprint density at radius 3 is 2.21 bits per heavy atom. The molecule has 4 nitrogen and oxygen atoms in total. The van der Waals surface area contributed by atoms with Gasteiger partial charge in [0.05, 0.1) is 11.6 Å². The quantitative estimate of drug-likeness (QED) is 0.515. The van der Waals surface area contributed by atoms with Crippen LogP contribution in [0.2, 0.25) is 5.02 Å². The van der Waals surface area contributed by atoms with E-state index in [1.165, 1.54) is 4.90 Å². The fourth-order valence-corrected chi connectivity index (χ4v) is 2.98. The van der Waals surface area contributed by atoms with E-state index in [-0.39, 0.29) is 11.3 Å². The number of Topliss-reactive ketones (excluding diaryl/α,β-unsaturated/α-hetero) is 1. The molecule has 1 fully saturated rings. The van der Waals surface area contributed by atoms with Gasteiger partial charge >= 0.3 is 0 Å². The third kappa shape index (κ3) is 2.69. The molecule has 5 heteroatoms. The number of likely N-dealkylation sites (N-methyl/N-ethyl adjacent to an activating group) is 1. The van der Waals surface area contributed by atoms with Crippen molar-refractivity contribution in [2.75, 3.05) is 7.05 Å². The minimum Gasteiger partial charge on any atom is -0.507 e. The predicted molar refractivity (Wildman–Crippen MR) is 92.7 cm³/mol. The van der Waals surface area contributed by atoms with Crippen LogP contribution in [0.4, 0.5) is 0 Å². The van der Waals surface area contributed by atoms with Crippen LogP contribution in [-0.4, -0.2) is 28.7 Å².